The zero-order valence-electron chi connectivity index (χ0n) is 17.0. The smallest absolute Gasteiger partial charge is 0.163 e. The summed E-state index contributed by atoms with van der Waals surface area (Å²) in [5.41, 5.74) is 4.05. The Morgan fingerprint density at radius 2 is 1.79 bits per heavy atom. The molecule has 1 aliphatic heterocycles. The van der Waals surface area contributed by atoms with E-state index in [2.05, 4.69) is 22.0 Å². The Morgan fingerprint density at radius 3 is 2.52 bits per heavy atom. The number of aromatic nitrogens is 1. The van der Waals surface area contributed by atoms with E-state index in [9.17, 15) is 5.11 Å². The number of ether oxygens (including phenoxy) is 3. The molecule has 0 saturated carbocycles. The molecule has 6 heteroatoms. The molecule has 0 saturated heterocycles. The summed E-state index contributed by atoms with van der Waals surface area (Å²) in [7, 11) is 1.63. The van der Waals surface area contributed by atoms with Gasteiger partial charge in [-0.1, -0.05) is 6.07 Å². The molecule has 1 aromatic heterocycles. The molecule has 0 unspecified atom stereocenters. The summed E-state index contributed by atoms with van der Waals surface area (Å²) in [5.74, 6) is 2.41. The van der Waals surface area contributed by atoms with Crippen molar-refractivity contribution in [1.29, 1.82) is 0 Å². The summed E-state index contributed by atoms with van der Waals surface area (Å²) in [6, 6.07) is 13.5. The lowest BCUT2D eigenvalue weighted by molar-refractivity contribution is -0.702. The number of benzene rings is 2. The van der Waals surface area contributed by atoms with Crippen molar-refractivity contribution >= 4 is 0 Å². The van der Waals surface area contributed by atoms with Gasteiger partial charge in [-0.15, -0.1) is 0 Å². The quantitative estimate of drug-likeness (QED) is 0.673. The van der Waals surface area contributed by atoms with E-state index >= 15 is 0 Å². The Bertz CT molecular complexity index is 1010. The highest BCUT2D eigenvalue weighted by Crippen LogP contribution is 2.39. The van der Waals surface area contributed by atoms with Crippen LogP contribution in [0.1, 0.15) is 36.7 Å². The zero-order valence-corrected chi connectivity index (χ0v) is 17.0. The summed E-state index contributed by atoms with van der Waals surface area (Å²) in [5, 5.41) is 12.8. The van der Waals surface area contributed by atoms with Crippen LogP contribution in [-0.4, -0.2) is 30.0 Å². The summed E-state index contributed by atoms with van der Waals surface area (Å²) in [6.07, 6.45) is 2.04. The molecule has 1 aliphatic rings. The number of hydrogen-bond acceptors (Lipinski definition) is 4. The zero-order chi connectivity index (χ0) is 20.4. The summed E-state index contributed by atoms with van der Waals surface area (Å²) in [4.78, 5) is 0. The van der Waals surface area contributed by atoms with Crippen molar-refractivity contribution in [3.63, 3.8) is 0 Å². The van der Waals surface area contributed by atoms with Gasteiger partial charge in [0.05, 0.1) is 37.3 Å². The van der Waals surface area contributed by atoms with E-state index in [-0.39, 0.29) is 11.8 Å². The minimum absolute atomic E-state index is 0.111. The van der Waals surface area contributed by atoms with Gasteiger partial charge in [-0.2, -0.15) is 0 Å². The van der Waals surface area contributed by atoms with Crippen LogP contribution in [0.5, 0.6) is 23.0 Å². The molecule has 3 aromatic rings. The molecule has 0 spiro atoms. The number of rotatable bonds is 6. The van der Waals surface area contributed by atoms with Crippen LogP contribution in [0.25, 0.3) is 5.69 Å². The number of nitrogens with two attached hydrogens (primary N) is 1. The number of nitrogens with zero attached hydrogens (tertiary/aromatic N) is 1. The molecular formula is C23H27N2O4+. The van der Waals surface area contributed by atoms with E-state index < -0.39 is 0 Å². The largest absolute Gasteiger partial charge is 0.507 e. The van der Waals surface area contributed by atoms with E-state index in [1.54, 1.807) is 19.2 Å². The van der Waals surface area contributed by atoms with Crippen molar-refractivity contribution in [2.45, 2.75) is 26.4 Å². The summed E-state index contributed by atoms with van der Waals surface area (Å²) >= 11 is 0. The second-order valence-electron chi connectivity index (χ2n) is 6.91. The third kappa shape index (κ3) is 3.40. The predicted molar refractivity (Wildman–Crippen MR) is 110 cm³/mol. The van der Waals surface area contributed by atoms with Crippen molar-refractivity contribution < 1.29 is 24.6 Å². The fourth-order valence-electron chi connectivity index (χ4n) is 4.04. The van der Waals surface area contributed by atoms with Gasteiger partial charge in [-0.25, -0.2) is 0 Å². The highest BCUT2D eigenvalue weighted by Gasteiger charge is 2.31. The number of quaternary nitrogens is 1. The first-order valence-electron chi connectivity index (χ1n) is 9.97. The molecule has 0 fully saturated rings. The molecule has 1 atom stereocenters. The first kappa shape index (κ1) is 19.2. The van der Waals surface area contributed by atoms with Crippen molar-refractivity contribution in [1.82, 2.24) is 4.57 Å². The van der Waals surface area contributed by atoms with Gasteiger partial charge in [-0.3, -0.25) is 0 Å². The van der Waals surface area contributed by atoms with E-state index in [4.69, 9.17) is 14.2 Å². The second-order valence-corrected chi connectivity index (χ2v) is 6.91. The Balaban J connectivity index is 1.86. The maximum absolute atomic E-state index is 10.6. The molecule has 152 valence electrons. The lowest BCUT2D eigenvalue weighted by atomic mass is 10.0. The third-order valence-corrected chi connectivity index (χ3v) is 5.25. The average molecular weight is 395 g/mol. The van der Waals surface area contributed by atoms with Crippen molar-refractivity contribution in [2.75, 3.05) is 20.3 Å². The highest BCUT2D eigenvalue weighted by molar-refractivity contribution is 5.57. The lowest BCUT2D eigenvalue weighted by Gasteiger charge is -2.18. The number of phenolic OH excluding ortho intramolecular Hbond substituents is 1. The van der Waals surface area contributed by atoms with Crippen LogP contribution in [0, 0.1) is 0 Å². The van der Waals surface area contributed by atoms with Gasteiger partial charge in [0, 0.05) is 17.8 Å². The fraction of sp³-hybridized carbons (Fsp3) is 0.304. The van der Waals surface area contributed by atoms with Crippen LogP contribution in [0.3, 0.4) is 0 Å². The highest BCUT2D eigenvalue weighted by atomic mass is 16.5. The molecule has 3 N–H and O–H groups in total. The van der Waals surface area contributed by atoms with Gasteiger partial charge in [0.2, 0.25) is 0 Å². The monoisotopic (exact) mass is 395 g/mol. The van der Waals surface area contributed by atoms with Gasteiger partial charge in [-0.05, 0) is 44.2 Å². The molecule has 0 amide bonds. The van der Waals surface area contributed by atoms with Crippen LogP contribution in [0.15, 0.2) is 48.7 Å². The minimum atomic E-state index is -0.111. The molecular weight excluding hydrogens is 368 g/mol. The van der Waals surface area contributed by atoms with Crippen LogP contribution in [0.4, 0.5) is 0 Å². The van der Waals surface area contributed by atoms with Gasteiger partial charge in [0.25, 0.3) is 0 Å². The van der Waals surface area contributed by atoms with Crippen LogP contribution in [-0.2, 0) is 6.54 Å². The topological polar surface area (TPSA) is 69.5 Å². The van der Waals surface area contributed by atoms with Crippen LogP contribution in [0.2, 0.25) is 0 Å². The molecule has 4 rings (SSSR count). The van der Waals surface area contributed by atoms with Crippen LogP contribution < -0.4 is 19.5 Å². The van der Waals surface area contributed by atoms with Gasteiger partial charge < -0.3 is 29.2 Å². The molecule has 0 radical (unpaired) electrons. The number of methoxy groups -OCH3 is 1. The Morgan fingerprint density at radius 1 is 1.03 bits per heavy atom. The Hall–Kier alpha value is -3.12. The van der Waals surface area contributed by atoms with Crippen LogP contribution >= 0.6 is 0 Å². The predicted octanol–water partition coefficient (Wildman–Crippen LogP) is 3.16. The maximum Gasteiger partial charge on any atom is 0.163 e. The summed E-state index contributed by atoms with van der Waals surface area (Å²) in [6.45, 7) is 5.82. The molecule has 2 aromatic carbocycles. The Kier molecular flexibility index (Phi) is 5.36. The minimum Gasteiger partial charge on any atom is -0.507 e. The van der Waals surface area contributed by atoms with Gasteiger partial charge in [0.1, 0.15) is 18.0 Å². The van der Waals surface area contributed by atoms with E-state index in [0.717, 1.165) is 40.6 Å². The average Bonchev–Trinajstić information content (AvgIpc) is 3.15. The standard InChI is InChI=1S/C23H26N2O4/c1-4-28-20-12-15-14-24-23(22-18(26)9-6-10-19(22)27-3)16-8-7-11-25(16)17(15)13-21(20)29-5-2/h6-13,23-24,26H,4-5,14H2,1-3H3/p+1/t23-/m0/s1. The Labute approximate surface area is 170 Å². The number of fused-ring (bicyclic) bond motifs is 3. The third-order valence-electron chi connectivity index (χ3n) is 5.25. The normalized spacial score (nSPS) is 15.2. The van der Waals surface area contributed by atoms with E-state index in [1.807, 2.05) is 38.2 Å². The fourth-order valence-corrected chi connectivity index (χ4v) is 4.04. The number of phenols is 1. The first-order chi connectivity index (χ1) is 14.2. The van der Waals surface area contributed by atoms with Crippen molar-refractivity contribution in [3.8, 4) is 28.7 Å². The SMILES string of the molecule is CCOc1cc2c(cc1OCC)-n1cccc1[C@@H](c1c(O)cccc1OC)[NH2+]C2. The molecule has 2 heterocycles. The molecule has 6 nitrogen and oxygen atoms in total. The maximum atomic E-state index is 10.6. The molecule has 29 heavy (non-hydrogen) atoms. The van der Waals surface area contributed by atoms with E-state index in [1.165, 1.54) is 0 Å². The second kappa shape index (κ2) is 8.09. The molecule has 0 bridgehead atoms. The first-order valence-corrected chi connectivity index (χ1v) is 9.97. The molecule has 0 aliphatic carbocycles. The summed E-state index contributed by atoms with van der Waals surface area (Å²) < 4.78 is 19.4. The van der Waals surface area contributed by atoms with E-state index in [0.29, 0.717) is 19.0 Å². The van der Waals surface area contributed by atoms with Crippen molar-refractivity contribution in [2.24, 2.45) is 0 Å². The number of aromatic hydroxyl groups is 1. The lowest BCUT2D eigenvalue weighted by Crippen LogP contribution is -2.83. The van der Waals surface area contributed by atoms with Crippen molar-refractivity contribution in [3.05, 3.63) is 65.5 Å². The number of hydrogen-bond donors (Lipinski definition) is 2. The van der Waals surface area contributed by atoms with Gasteiger partial charge in [0.15, 0.2) is 17.5 Å². The van der Waals surface area contributed by atoms with Gasteiger partial charge >= 0.3 is 0 Å².